The fraction of sp³-hybridized carbons (Fsp3) is 0.625. The molecule has 1 fully saturated rings. The van der Waals surface area contributed by atoms with Crippen LogP contribution in [-0.4, -0.2) is 16.6 Å². The summed E-state index contributed by atoms with van der Waals surface area (Å²) < 4.78 is 17.9. The SMILES string of the molecule is COc1ccc(C(C)N)cc1CS(=O)C1CCCCC1. The highest BCUT2D eigenvalue weighted by atomic mass is 32.2. The lowest BCUT2D eigenvalue weighted by molar-refractivity contribution is 0.411. The van der Waals surface area contributed by atoms with Crippen LogP contribution >= 0.6 is 0 Å². The van der Waals surface area contributed by atoms with Gasteiger partial charge < -0.3 is 10.5 Å². The fourth-order valence-corrected chi connectivity index (χ4v) is 4.42. The van der Waals surface area contributed by atoms with Crippen LogP contribution in [0.25, 0.3) is 0 Å². The van der Waals surface area contributed by atoms with Gasteiger partial charge in [0.05, 0.1) is 12.9 Å². The van der Waals surface area contributed by atoms with E-state index < -0.39 is 10.8 Å². The first-order valence-corrected chi connectivity index (χ1v) is 8.79. The van der Waals surface area contributed by atoms with Crippen LogP contribution < -0.4 is 10.5 Å². The molecule has 1 aliphatic rings. The number of hydrogen-bond donors (Lipinski definition) is 1. The van der Waals surface area contributed by atoms with E-state index in [-0.39, 0.29) is 6.04 Å². The van der Waals surface area contributed by atoms with Crippen molar-refractivity contribution in [3.05, 3.63) is 29.3 Å². The summed E-state index contributed by atoms with van der Waals surface area (Å²) in [7, 11) is 0.849. The van der Waals surface area contributed by atoms with Crippen LogP contribution in [0.4, 0.5) is 0 Å². The van der Waals surface area contributed by atoms with Crippen LogP contribution in [0.15, 0.2) is 18.2 Å². The minimum Gasteiger partial charge on any atom is -0.496 e. The van der Waals surface area contributed by atoms with E-state index in [1.54, 1.807) is 7.11 Å². The number of ether oxygens (including phenoxy) is 1. The van der Waals surface area contributed by atoms with Gasteiger partial charge in [0.25, 0.3) is 0 Å². The maximum Gasteiger partial charge on any atom is 0.123 e. The Morgan fingerprint density at radius 3 is 2.65 bits per heavy atom. The third-order valence-corrected chi connectivity index (χ3v) is 5.86. The lowest BCUT2D eigenvalue weighted by atomic mass is 10.0. The van der Waals surface area contributed by atoms with Gasteiger partial charge >= 0.3 is 0 Å². The smallest absolute Gasteiger partial charge is 0.123 e. The molecule has 2 unspecified atom stereocenters. The van der Waals surface area contributed by atoms with Crippen molar-refractivity contribution < 1.29 is 8.95 Å². The Labute approximate surface area is 124 Å². The second-order valence-corrected chi connectivity index (χ2v) is 7.36. The van der Waals surface area contributed by atoms with Crippen molar-refractivity contribution in [3.8, 4) is 5.75 Å². The number of hydrogen-bond acceptors (Lipinski definition) is 3. The summed E-state index contributed by atoms with van der Waals surface area (Å²) >= 11 is 0. The summed E-state index contributed by atoms with van der Waals surface area (Å²) in [6.07, 6.45) is 5.92. The Bertz CT molecular complexity index is 468. The Morgan fingerprint density at radius 2 is 2.05 bits per heavy atom. The monoisotopic (exact) mass is 295 g/mol. The highest BCUT2D eigenvalue weighted by molar-refractivity contribution is 7.84. The minimum atomic E-state index is -0.812. The van der Waals surface area contributed by atoms with Gasteiger partial charge in [-0.05, 0) is 37.5 Å². The molecule has 2 N–H and O–H groups in total. The summed E-state index contributed by atoms with van der Waals surface area (Å²) in [5, 5.41) is 0.354. The number of benzene rings is 1. The molecule has 4 heteroatoms. The van der Waals surface area contributed by atoms with Crippen molar-refractivity contribution in [1.82, 2.24) is 0 Å². The maximum atomic E-state index is 12.5. The Hall–Kier alpha value is -0.870. The zero-order chi connectivity index (χ0) is 14.5. The Kier molecular flexibility index (Phi) is 5.61. The van der Waals surface area contributed by atoms with Crippen LogP contribution in [0.3, 0.4) is 0 Å². The number of rotatable bonds is 5. The van der Waals surface area contributed by atoms with E-state index >= 15 is 0 Å². The zero-order valence-electron chi connectivity index (χ0n) is 12.4. The topological polar surface area (TPSA) is 52.3 Å². The molecule has 1 aliphatic carbocycles. The molecular formula is C16H25NO2S. The molecule has 0 radical (unpaired) electrons. The zero-order valence-corrected chi connectivity index (χ0v) is 13.2. The lowest BCUT2D eigenvalue weighted by Crippen LogP contribution is -2.20. The van der Waals surface area contributed by atoms with Crippen LogP contribution in [0.2, 0.25) is 0 Å². The molecule has 0 spiro atoms. The van der Waals surface area contributed by atoms with Gasteiger partial charge in [-0.2, -0.15) is 0 Å². The van der Waals surface area contributed by atoms with E-state index in [0.717, 1.165) is 29.7 Å². The summed E-state index contributed by atoms with van der Waals surface area (Å²) in [6, 6.07) is 5.95. The van der Waals surface area contributed by atoms with E-state index in [1.165, 1.54) is 19.3 Å². The van der Waals surface area contributed by atoms with Gasteiger partial charge in [-0.3, -0.25) is 4.21 Å². The molecule has 2 atom stereocenters. The van der Waals surface area contributed by atoms with Crippen molar-refractivity contribution in [1.29, 1.82) is 0 Å². The standard InChI is InChI=1S/C16H25NO2S/c1-12(17)13-8-9-16(19-2)14(10-13)11-20(18)15-6-4-3-5-7-15/h8-10,12,15H,3-7,11,17H2,1-2H3. The molecular weight excluding hydrogens is 270 g/mol. The van der Waals surface area contributed by atoms with E-state index in [0.29, 0.717) is 11.0 Å². The van der Waals surface area contributed by atoms with Gasteiger partial charge in [-0.1, -0.05) is 25.3 Å². The highest BCUT2D eigenvalue weighted by Gasteiger charge is 2.21. The fourth-order valence-electron chi connectivity index (χ4n) is 2.79. The molecule has 3 nitrogen and oxygen atoms in total. The Morgan fingerprint density at radius 1 is 1.35 bits per heavy atom. The second-order valence-electron chi connectivity index (χ2n) is 5.65. The van der Waals surface area contributed by atoms with Crippen LogP contribution in [0.5, 0.6) is 5.75 Å². The van der Waals surface area contributed by atoms with Gasteiger partial charge in [0.1, 0.15) is 5.75 Å². The lowest BCUT2D eigenvalue weighted by Gasteiger charge is -2.21. The molecule has 0 aromatic heterocycles. The predicted molar refractivity (Wildman–Crippen MR) is 84.3 cm³/mol. The van der Waals surface area contributed by atoms with E-state index in [2.05, 4.69) is 0 Å². The molecule has 0 aliphatic heterocycles. The average Bonchev–Trinajstić information content (AvgIpc) is 2.48. The first-order valence-electron chi connectivity index (χ1n) is 7.41. The quantitative estimate of drug-likeness (QED) is 0.907. The van der Waals surface area contributed by atoms with Crippen molar-refractivity contribution in [2.45, 2.75) is 56.1 Å². The summed E-state index contributed by atoms with van der Waals surface area (Å²) in [6.45, 7) is 1.96. The Balaban J connectivity index is 2.13. The number of methoxy groups -OCH3 is 1. The largest absolute Gasteiger partial charge is 0.496 e. The highest BCUT2D eigenvalue weighted by Crippen LogP contribution is 2.28. The van der Waals surface area contributed by atoms with E-state index in [1.807, 2.05) is 25.1 Å². The molecule has 0 saturated heterocycles. The normalized spacial score (nSPS) is 19.6. The molecule has 2 rings (SSSR count). The molecule has 0 bridgehead atoms. The molecule has 0 amide bonds. The first kappa shape index (κ1) is 15.5. The molecule has 1 aromatic carbocycles. The van der Waals surface area contributed by atoms with Gasteiger partial charge in [0.2, 0.25) is 0 Å². The third-order valence-electron chi connectivity index (χ3n) is 4.05. The van der Waals surface area contributed by atoms with Crippen LogP contribution in [-0.2, 0) is 16.6 Å². The maximum absolute atomic E-state index is 12.5. The molecule has 1 saturated carbocycles. The van der Waals surface area contributed by atoms with Gasteiger partial charge in [-0.15, -0.1) is 0 Å². The second kappa shape index (κ2) is 7.23. The molecule has 20 heavy (non-hydrogen) atoms. The van der Waals surface area contributed by atoms with Gasteiger partial charge in [-0.25, -0.2) is 0 Å². The summed E-state index contributed by atoms with van der Waals surface area (Å²) in [5.74, 6) is 1.40. The van der Waals surface area contributed by atoms with Crippen molar-refractivity contribution >= 4 is 10.8 Å². The summed E-state index contributed by atoms with van der Waals surface area (Å²) in [5.41, 5.74) is 8.02. The molecule has 1 aromatic rings. The third kappa shape index (κ3) is 3.83. The van der Waals surface area contributed by atoms with Crippen molar-refractivity contribution in [2.75, 3.05) is 7.11 Å². The molecule has 0 heterocycles. The summed E-state index contributed by atoms with van der Waals surface area (Å²) in [4.78, 5) is 0. The minimum absolute atomic E-state index is 0.0113. The number of nitrogens with two attached hydrogens (primary N) is 1. The van der Waals surface area contributed by atoms with Gasteiger partial charge in [0, 0.05) is 27.7 Å². The first-order chi connectivity index (χ1) is 9.61. The van der Waals surface area contributed by atoms with E-state index in [4.69, 9.17) is 10.5 Å². The van der Waals surface area contributed by atoms with Gasteiger partial charge in [0.15, 0.2) is 0 Å². The van der Waals surface area contributed by atoms with Crippen LogP contribution in [0, 0.1) is 0 Å². The van der Waals surface area contributed by atoms with Crippen molar-refractivity contribution in [3.63, 3.8) is 0 Å². The van der Waals surface area contributed by atoms with Crippen LogP contribution in [0.1, 0.15) is 56.2 Å². The van der Waals surface area contributed by atoms with E-state index in [9.17, 15) is 4.21 Å². The molecule has 112 valence electrons. The predicted octanol–water partition coefficient (Wildman–Crippen LogP) is 3.30. The average molecular weight is 295 g/mol. The van der Waals surface area contributed by atoms with Crippen molar-refractivity contribution in [2.24, 2.45) is 5.73 Å².